The summed E-state index contributed by atoms with van der Waals surface area (Å²) < 4.78 is 31.9. The third kappa shape index (κ3) is 3.68. The van der Waals surface area contributed by atoms with Crippen LogP contribution in [0.2, 0.25) is 0 Å². The average Bonchev–Trinajstić information content (AvgIpc) is 3.01. The summed E-state index contributed by atoms with van der Waals surface area (Å²) in [7, 11) is -3.70. The number of furan rings is 1. The van der Waals surface area contributed by atoms with E-state index < -0.39 is 15.9 Å². The van der Waals surface area contributed by atoms with E-state index in [4.69, 9.17) is 4.42 Å². The lowest BCUT2D eigenvalue weighted by Crippen LogP contribution is -2.26. The molecule has 0 aromatic carbocycles. The van der Waals surface area contributed by atoms with E-state index in [1.54, 1.807) is 0 Å². The molecule has 7 nitrogen and oxygen atoms in total. The Morgan fingerprint density at radius 2 is 2.08 bits per heavy atom. The summed E-state index contributed by atoms with van der Waals surface area (Å²) in [5.41, 5.74) is 0.877. The van der Waals surface area contributed by atoms with Gasteiger partial charge in [-0.25, -0.2) is 18.1 Å². The predicted octanol–water partition coefficient (Wildman–Crippen LogP) is 2.28. The van der Waals surface area contributed by atoms with Gasteiger partial charge in [-0.2, -0.15) is 0 Å². The maximum Gasteiger partial charge on any atom is 0.287 e. The van der Waals surface area contributed by atoms with E-state index in [1.807, 2.05) is 20.8 Å². The molecule has 1 saturated carbocycles. The number of nitrogens with zero attached hydrogens (tertiary/aromatic N) is 1. The van der Waals surface area contributed by atoms with Gasteiger partial charge < -0.3 is 9.73 Å². The highest BCUT2D eigenvalue weighted by atomic mass is 32.2. The van der Waals surface area contributed by atoms with Gasteiger partial charge in [0.25, 0.3) is 15.9 Å². The van der Waals surface area contributed by atoms with Crippen LogP contribution >= 0.6 is 11.3 Å². The molecule has 2 aromatic rings. The first-order chi connectivity index (χ1) is 11.3. The highest BCUT2D eigenvalue weighted by Crippen LogP contribution is 2.26. The van der Waals surface area contributed by atoms with Gasteiger partial charge in [0.1, 0.15) is 0 Å². The van der Waals surface area contributed by atoms with Crippen molar-refractivity contribution < 1.29 is 17.6 Å². The van der Waals surface area contributed by atoms with Crippen molar-refractivity contribution in [3.05, 3.63) is 33.5 Å². The van der Waals surface area contributed by atoms with Crippen molar-refractivity contribution in [1.82, 2.24) is 15.0 Å². The van der Waals surface area contributed by atoms with Crippen LogP contribution < -0.4 is 10.0 Å². The molecule has 1 amide bonds. The first kappa shape index (κ1) is 17.1. The van der Waals surface area contributed by atoms with Crippen molar-refractivity contribution in [3.8, 4) is 0 Å². The standard InChI is InChI=1S/C15H19N3O4S2/c1-8-14(23-10(3)16-8)9(2)17-15(19)12-6-7-13(22-12)24(20,21)18-11-4-5-11/h6-7,9,11,18H,4-5H2,1-3H3,(H,17,19)/t9-/m0/s1. The van der Waals surface area contributed by atoms with Crippen molar-refractivity contribution in [2.75, 3.05) is 0 Å². The number of thiazole rings is 1. The highest BCUT2D eigenvalue weighted by Gasteiger charge is 2.30. The molecule has 0 saturated heterocycles. The van der Waals surface area contributed by atoms with Gasteiger partial charge in [0, 0.05) is 10.9 Å². The van der Waals surface area contributed by atoms with Gasteiger partial charge in [-0.1, -0.05) is 0 Å². The number of hydrogen-bond acceptors (Lipinski definition) is 6. The molecular formula is C15H19N3O4S2. The summed E-state index contributed by atoms with van der Waals surface area (Å²) >= 11 is 1.52. The summed E-state index contributed by atoms with van der Waals surface area (Å²) in [6.07, 6.45) is 1.66. The number of aryl methyl sites for hydroxylation is 2. The van der Waals surface area contributed by atoms with Crippen LogP contribution in [0.5, 0.6) is 0 Å². The first-order valence-corrected chi connectivity index (χ1v) is 9.93. The van der Waals surface area contributed by atoms with Gasteiger partial charge in [-0.15, -0.1) is 11.3 Å². The van der Waals surface area contributed by atoms with Crippen LogP contribution in [0.1, 0.15) is 51.9 Å². The molecule has 0 unspecified atom stereocenters. The van der Waals surface area contributed by atoms with Crippen molar-refractivity contribution >= 4 is 27.3 Å². The second-order valence-electron chi connectivity index (χ2n) is 5.89. The van der Waals surface area contributed by atoms with E-state index in [2.05, 4.69) is 15.0 Å². The molecule has 3 rings (SSSR count). The highest BCUT2D eigenvalue weighted by molar-refractivity contribution is 7.89. The third-order valence-electron chi connectivity index (χ3n) is 3.65. The number of hydrogen-bond donors (Lipinski definition) is 2. The molecule has 2 aromatic heterocycles. The minimum absolute atomic E-state index is 0.0186. The Kier molecular flexibility index (Phi) is 4.50. The minimum Gasteiger partial charge on any atom is -0.438 e. The largest absolute Gasteiger partial charge is 0.438 e. The molecule has 130 valence electrons. The molecule has 0 radical (unpaired) electrons. The molecule has 1 atom stereocenters. The predicted molar refractivity (Wildman–Crippen MR) is 89.5 cm³/mol. The monoisotopic (exact) mass is 369 g/mol. The molecule has 2 heterocycles. The Morgan fingerprint density at radius 1 is 1.38 bits per heavy atom. The van der Waals surface area contributed by atoms with E-state index in [9.17, 15) is 13.2 Å². The van der Waals surface area contributed by atoms with Crippen LogP contribution in [0.3, 0.4) is 0 Å². The van der Waals surface area contributed by atoms with E-state index in [-0.39, 0.29) is 22.9 Å². The second kappa shape index (κ2) is 6.30. The maximum absolute atomic E-state index is 12.3. The zero-order chi connectivity index (χ0) is 17.5. The van der Waals surface area contributed by atoms with E-state index >= 15 is 0 Å². The van der Waals surface area contributed by atoms with Gasteiger partial charge >= 0.3 is 0 Å². The topological polar surface area (TPSA) is 101 Å². The molecule has 0 spiro atoms. The molecule has 1 aliphatic carbocycles. The molecule has 24 heavy (non-hydrogen) atoms. The van der Waals surface area contributed by atoms with Crippen molar-refractivity contribution in [3.63, 3.8) is 0 Å². The van der Waals surface area contributed by atoms with E-state index in [0.29, 0.717) is 0 Å². The van der Waals surface area contributed by atoms with Crippen LogP contribution in [0.4, 0.5) is 0 Å². The van der Waals surface area contributed by atoms with Gasteiger partial charge in [0.05, 0.1) is 16.7 Å². The molecule has 9 heteroatoms. The van der Waals surface area contributed by atoms with E-state index in [0.717, 1.165) is 28.4 Å². The maximum atomic E-state index is 12.3. The van der Waals surface area contributed by atoms with Crippen molar-refractivity contribution in [2.45, 2.75) is 50.8 Å². The second-order valence-corrected chi connectivity index (χ2v) is 8.77. The molecule has 1 fully saturated rings. The Labute approximate surface area is 144 Å². The molecular weight excluding hydrogens is 350 g/mol. The lowest BCUT2D eigenvalue weighted by Gasteiger charge is -2.11. The van der Waals surface area contributed by atoms with Crippen LogP contribution in [-0.2, 0) is 10.0 Å². The number of aromatic nitrogens is 1. The molecule has 0 bridgehead atoms. The quantitative estimate of drug-likeness (QED) is 0.813. The Morgan fingerprint density at radius 3 is 2.67 bits per heavy atom. The zero-order valence-electron chi connectivity index (χ0n) is 13.6. The number of nitrogens with one attached hydrogen (secondary N) is 2. The Hall–Kier alpha value is -1.71. The zero-order valence-corrected chi connectivity index (χ0v) is 15.3. The van der Waals surface area contributed by atoms with E-state index in [1.165, 1.54) is 23.5 Å². The number of carbonyl (C=O) groups excluding carboxylic acids is 1. The number of sulfonamides is 1. The summed E-state index contributed by atoms with van der Waals surface area (Å²) in [5, 5.41) is 3.50. The summed E-state index contributed by atoms with van der Waals surface area (Å²) in [6.45, 7) is 5.65. The fraction of sp³-hybridized carbons (Fsp3) is 0.467. The average molecular weight is 369 g/mol. The smallest absolute Gasteiger partial charge is 0.287 e. The number of rotatable bonds is 6. The van der Waals surface area contributed by atoms with Crippen molar-refractivity contribution in [2.24, 2.45) is 0 Å². The molecule has 2 N–H and O–H groups in total. The SMILES string of the molecule is Cc1nc(C)c([C@H](C)NC(=O)c2ccc(S(=O)(=O)NC3CC3)o2)s1. The van der Waals surface area contributed by atoms with Gasteiger partial charge in [0.2, 0.25) is 5.09 Å². The number of amides is 1. The lowest BCUT2D eigenvalue weighted by atomic mass is 10.2. The van der Waals surface area contributed by atoms with Crippen molar-refractivity contribution in [1.29, 1.82) is 0 Å². The van der Waals surface area contributed by atoms with Gasteiger partial charge in [-0.3, -0.25) is 4.79 Å². The summed E-state index contributed by atoms with van der Waals surface area (Å²) in [4.78, 5) is 17.6. The fourth-order valence-electron chi connectivity index (χ4n) is 2.35. The summed E-state index contributed by atoms with van der Waals surface area (Å²) in [5.74, 6) is -0.488. The first-order valence-electron chi connectivity index (χ1n) is 7.63. The lowest BCUT2D eigenvalue weighted by molar-refractivity contribution is 0.0907. The van der Waals surface area contributed by atoms with Crippen LogP contribution in [0.15, 0.2) is 21.6 Å². The van der Waals surface area contributed by atoms with Gasteiger partial charge in [-0.05, 0) is 45.7 Å². The Bertz CT molecular complexity index is 865. The van der Waals surface area contributed by atoms with Gasteiger partial charge in [0.15, 0.2) is 5.76 Å². The van der Waals surface area contributed by atoms with Crippen LogP contribution in [-0.4, -0.2) is 25.4 Å². The fourth-order valence-corrected chi connectivity index (χ4v) is 4.51. The molecule has 0 aliphatic heterocycles. The minimum atomic E-state index is -3.70. The third-order valence-corrected chi connectivity index (χ3v) is 6.30. The van der Waals surface area contributed by atoms with Crippen LogP contribution in [0.25, 0.3) is 0 Å². The van der Waals surface area contributed by atoms with Crippen LogP contribution in [0, 0.1) is 13.8 Å². The molecule has 1 aliphatic rings. The number of carbonyl (C=O) groups is 1. The normalized spacial score (nSPS) is 16.1. The summed E-state index contributed by atoms with van der Waals surface area (Å²) in [6, 6.07) is 2.41. The Balaban J connectivity index is 1.70.